The van der Waals surface area contributed by atoms with E-state index in [0.29, 0.717) is 0 Å². The van der Waals surface area contributed by atoms with E-state index in [9.17, 15) is 0 Å². The first kappa shape index (κ1) is 19.4. The molecule has 0 aliphatic rings. The summed E-state index contributed by atoms with van der Waals surface area (Å²) < 4.78 is 2.05. The zero-order valence-electron chi connectivity index (χ0n) is 16.0. The van der Waals surface area contributed by atoms with Crippen molar-refractivity contribution in [1.82, 2.24) is 25.4 Å². The Balaban J connectivity index is 1.76. The van der Waals surface area contributed by atoms with E-state index in [1.165, 1.54) is 15.6 Å². The van der Waals surface area contributed by atoms with Crippen LogP contribution in [0, 0.1) is 27.7 Å². The normalized spacial score (nSPS) is 11.8. The second-order valence-electron chi connectivity index (χ2n) is 6.19. The van der Waals surface area contributed by atoms with Crippen LogP contribution >= 0.6 is 11.3 Å². The van der Waals surface area contributed by atoms with Crippen LogP contribution in [-0.4, -0.2) is 40.4 Å². The molecule has 0 aromatic carbocycles. The summed E-state index contributed by atoms with van der Waals surface area (Å²) in [6.07, 6.45) is 1.90. The summed E-state index contributed by atoms with van der Waals surface area (Å²) in [5.41, 5.74) is 3.42. The van der Waals surface area contributed by atoms with E-state index in [2.05, 4.69) is 64.2 Å². The molecular weight excluding hydrogens is 332 g/mol. The van der Waals surface area contributed by atoms with Crippen molar-refractivity contribution in [2.75, 3.05) is 19.6 Å². The van der Waals surface area contributed by atoms with E-state index < -0.39 is 0 Å². The molecule has 2 rings (SSSR count). The van der Waals surface area contributed by atoms with Crippen LogP contribution in [0.15, 0.2) is 11.1 Å². The highest BCUT2D eigenvalue weighted by Gasteiger charge is 2.04. The number of aromatic nitrogens is 3. The second-order valence-corrected chi connectivity index (χ2v) is 7.48. The van der Waals surface area contributed by atoms with Crippen molar-refractivity contribution in [2.24, 2.45) is 4.99 Å². The van der Waals surface area contributed by atoms with E-state index in [1.807, 2.05) is 6.92 Å². The molecule has 0 amide bonds. The summed E-state index contributed by atoms with van der Waals surface area (Å²) >= 11 is 1.78. The predicted octanol–water partition coefficient (Wildman–Crippen LogP) is 2.76. The van der Waals surface area contributed by atoms with Crippen LogP contribution in [0.3, 0.4) is 0 Å². The van der Waals surface area contributed by atoms with Crippen molar-refractivity contribution in [1.29, 1.82) is 0 Å². The number of nitrogens with one attached hydrogen (secondary N) is 2. The van der Waals surface area contributed by atoms with Crippen molar-refractivity contribution in [3.63, 3.8) is 0 Å². The molecule has 0 atom stereocenters. The summed E-state index contributed by atoms with van der Waals surface area (Å²) in [6.45, 7) is 13.8. The first-order chi connectivity index (χ1) is 12.0. The van der Waals surface area contributed by atoms with Crippen molar-refractivity contribution in [2.45, 2.75) is 54.0 Å². The lowest BCUT2D eigenvalue weighted by Crippen LogP contribution is -2.38. The van der Waals surface area contributed by atoms with Gasteiger partial charge in [-0.25, -0.2) is 4.98 Å². The molecule has 0 bridgehead atoms. The molecule has 0 aliphatic heterocycles. The number of guanidine groups is 1. The van der Waals surface area contributed by atoms with Crippen LogP contribution in [0.5, 0.6) is 0 Å². The average molecular weight is 363 g/mol. The van der Waals surface area contributed by atoms with Gasteiger partial charge in [-0.1, -0.05) is 0 Å². The smallest absolute Gasteiger partial charge is 0.191 e. The molecule has 0 saturated carbocycles. The molecule has 25 heavy (non-hydrogen) atoms. The minimum atomic E-state index is 0.781. The number of hydrogen-bond donors (Lipinski definition) is 2. The van der Waals surface area contributed by atoms with Crippen molar-refractivity contribution < 1.29 is 0 Å². The van der Waals surface area contributed by atoms with Crippen molar-refractivity contribution in [3.05, 3.63) is 33.0 Å². The van der Waals surface area contributed by atoms with Gasteiger partial charge in [0.15, 0.2) is 5.96 Å². The molecule has 0 radical (unpaired) electrons. The molecule has 0 spiro atoms. The van der Waals surface area contributed by atoms with Crippen molar-refractivity contribution >= 4 is 17.3 Å². The highest BCUT2D eigenvalue weighted by Crippen LogP contribution is 2.16. The Labute approximate surface area is 154 Å². The van der Waals surface area contributed by atoms with Crippen LogP contribution in [0.2, 0.25) is 0 Å². The van der Waals surface area contributed by atoms with Gasteiger partial charge in [0.25, 0.3) is 0 Å². The number of aryl methyl sites for hydroxylation is 5. The fourth-order valence-corrected chi connectivity index (χ4v) is 3.52. The maximum Gasteiger partial charge on any atom is 0.191 e. The molecule has 138 valence electrons. The summed E-state index contributed by atoms with van der Waals surface area (Å²) in [6, 6.07) is 2.11. The van der Waals surface area contributed by atoms with Gasteiger partial charge in [0.05, 0.1) is 16.4 Å². The number of aliphatic imine (C=N–C) groups is 1. The third-order valence-corrected chi connectivity index (χ3v) is 5.08. The fraction of sp³-hybridized carbons (Fsp3) is 0.611. The molecule has 0 aliphatic carbocycles. The zero-order valence-corrected chi connectivity index (χ0v) is 16.8. The first-order valence-corrected chi connectivity index (χ1v) is 9.77. The van der Waals surface area contributed by atoms with E-state index in [0.717, 1.165) is 56.4 Å². The van der Waals surface area contributed by atoms with E-state index in [4.69, 9.17) is 0 Å². The third kappa shape index (κ3) is 6.16. The lowest BCUT2D eigenvalue weighted by molar-refractivity contribution is 0.567. The third-order valence-electron chi connectivity index (χ3n) is 3.95. The lowest BCUT2D eigenvalue weighted by Gasteiger charge is -2.10. The first-order valence-electron chi connectivity index (χ1n) is 8.95. The lowest BCUT2D eigenvalue weighted by atomic mass is 10.4. The van der Waals surface area contributed by atoms with Gasteiger partial charge < -0.3 is 10.6 Å². The van der Waals surface area contributed by atoms with Crippen LogP contribution in [0.1, 0.15) is 40.3 Å². The molecule has 6 nitrogen and oxygen atoms in total. The zero-order chi connectivity index (χ0) is 18.2. The Kier molecular flexibility index (Phi) is 7.43. The molecule has 2 aromatic rings. The number of nitrogens with zero attached hydrogens (tertiary/aromatic N) is 4. The van der Waals surface area contributed by atoms with Gasteiger partial charge in [0.2, 0.25) is 0 Å². The number of hydrogen-bond acceptors (Lipinski definition) is 4. The summed E-state index contributed by atoms with van der Waals surface area (Å²) in [5.74, 6) is 0.876. The maximum absolute atomic E-state index is 4.66. The quantitative estimate of drug-likeness (QED) is 0.430. The molecule has 0 fully saturated rings. The van der Waals surface area contributed by atoms with Gasteiger partial charge in [-0.15, -0.1) is 11.3 Å². The Bertz CT molecular complexity index is 681. The van der Waals surface area contributed by atoms with Crippen molar-refractivity contribution in [3.8, 4) is 0 Å². The molecule has 2 aromatic heterocycles. The minimum Gasteiger partial charge on any atom is -0.357 e. The van der Waals surface area contributed by atoms with E-state index in [1.54, 1.807) is 11.3 Å². The van der Waals surface area contributed by atoms with Gasteiger partial charge in [-0.05, 0) is 47.1 Å². The maximum atomic E-state index is 4.66. The van der Waals surface area contributed by atoms with Gasteiger partial charge in [-0.2, -0.15) is 5.10 Å². The largest absolute Gasteiger partial charge is 0.357 e. The van der Waals surface area contributed by atoms with Crippen LogP contribution in [0.4, 0.5) is 0 Å². The van der Waals surface area contributed by atoms with Gasteiger partial charge in [0.1, 0.15) is 0 Å². The average Bonchev–Trinajstić information content (AvgIpc) is 3.05. The Morgan fingerprint density at radius 2 is 2.04 bits per heavy atom. The minimum absolute atomic E-state index is 0.781. The fourth-order valence-electron chi connectivity index (χ4n) is 2.59. The van der Waals surface area contributed by atoms with E-state index >= 15 is 0 Å². The van der Waals surface area contributed by atoms with Gasteiger partial charge in [-0.3, -0.25) is 9.67 Å². The predicted molar refractivity (Wildman–Crippen MR) is 106 cm³/mol. The Hall–Kier alpha value is -1.89. The topological polar surface area (TPSA) is 67.1 Å². The Morgan fingerprint density at radius 1 is 1.24 bits per heavy atom. The summed E-state index contributed by atoms with van der Waals surface area (Å²) in [7, 11) is 0. The highest BCUT2D eigenvalue weighted by molar-refractivity contribution is 7.11. The monoisotopic (exact) mass is 362 g/mol. The molecule has 2 N–H and O–H groups in total. The standard InChI is InChI=1S/C18H30N6S/c1-6-19-18(21-10-8-17-22-15(4)16(5)25-17)20-9-7-11-24-14(3)12-13(2)23-24/h12H,6-11H2,1-5H3,(H2,19,20,21). The molecule has 2 heterocycles. The SMILES string of the molecule is CCNC(=NCCCn1nc(C)cc1C)NCCc1nc(C)c(C)s1. The van der Waals surface area contributed by atoms with Gasteiger partial charge in [0, 0.05) is 43.2 Å². The molecular formula is C18H30N6S. The molecule has 0 saturated heterocycles. The van der Waals surface area contributed by atoms with Crippen LogP contribution in [0.25, 0.3) is 0 Å². The Morgan fingerprint density at radius 3 is 2.64 bits per heavy atom. The van der Waals surface area contributed by atoms with Gasteiger partial charge >= 0.3 is 0 Å². The number of thiazole rings is 1. The summed E-state index contributed by atoms with van der Waals surface area (Å²) in [5, 5.41) is 12.4. The van der Waals surface area contributed by atoms with E-state index in [-0.39, 0.29) is 0 Å². The molecule has 7 heteroatoms. The van der Waals surface area contributed by atoms with Crippen LogP contribution < -0.4 is 10.6 Å². The van der Waals surface area contributed by atoms with Crippen LogP contribution in [-0.2, 0) is 13.0 Å². The second kappa shape index (κ2) is 9.56. The highest BCUT2D eigenvalue weighted by atomic mass is 32.1. The number of rotatable bonds is 8. The summed E-state index contributed by atoms with van der Waals surface area (Å²) in [4.78, 5) is 10.5. The molecule has 0 unspecified atom stereocenters.